The molecular formula is C16H20N4O3. The molecule has 1 N–H and O–H groups in total. The van der Waals surface area contributed by atoms with E-state index in [0.29, 0.717) is 6.54 Å². The zero-order chi connectivity index (χ0) is 16.8. The summed E-state index contributed by atoms with van der Waals surface area (Å²) in [5.74, 6) is -0.229. The molecule has 0 aliphatic heterocycles. The van der Waals surface area contributed by atoms with Gasteiger partial charge >= 0.3 is 0 Å². The normalized spacial score (nSPS) is 11.9. The van der Waals surface area contributed by atoms with Crippen LogP contribution in [0.1, 0.15) is 25.8 Å². The number of rotatable bonds is 6. The lowest BCUT2D eigenvalue weighted by Gasteiger charge is -2.28. The van der Waals surface area contributed by atoms with Crippen molar-refractivity contribution >= 4 is 5.91 Å². The average molecular weight is 316 g/mol. The van der Waals surface area contributed by atoms with Gasteiger partial charge in [0, 0.05) is 37.1 Å². The number of amides is 1. The number of H-pyrrole nitrogens is 1. The van der Waals surface area contributed by atoms with E-state index in [2.05, 4.69) is 10.1 Å². The monoisotopic (exact) mass is 316 g/mol. The molecule has 7 heteroatoms. The van der Waals surface area contributed by atoms with Crippen molar-refractivity contribution < 1.29 is 4.79 Å². The van der Waals surface area contributed by atoms with Crippen molar-refractivity contribution in [3.63, 3.8) is 0 Å². The largest absolute Gasteiger partial charge is 0.334 e. The molecule has 0 saturated heterocycles. The molecule has 0 aliphatic carbocycles. The summed E-state index contributed by atoms with van der Waals surface area (Å²) in [6.45, 7) is 4.16. The van der Waals surface area contributed by atoms with E-state index in [9.17, 15) is 14.4 Å². The maximum Gasteiger partial charge on any atom is 0.265 e. The van der Waals surface area contributed by atoms with Gasteiger partial charge in [-0.1, -0.05) is 13.0 Å². The molecule has 1 amide bonds. The summed E-state index contributed by atoms with van der Waals surface area (Å²) in [6.07, 6.45) is 4.17. The van der Waals surface area contributed by atoms with E-state index < -0.39 is 11.1 Å². The SMILES string of the molecule is CCC(C)N(Cc1cccnc1)C(=O)Cn1[nH]c(=O)ccc1=O. The Balaban J connectivity index is 2.21. The zero-order valence-electron chi connectivity index (χ0n) is 13.2. The molecule has 2 aromatic heterocycles. The molecular weight excluding hydrogens is 296 g/mol. The maximum absolute atomic E-state index is 12.6. The van der Waals surface area contributed by atoms with Crippen molar-refractivity contribution in [1.29, 1.82) is 0 Å². The highest BCUT2D eigenvalue weighted by Crippen LogP contribution is 2.10. The van der Waals surface area contributed by atoms with Crippen LogP contribution in [0.15, 0.2) is 46.2 Å². The van der Waals surface area contributed by atoms with Crippen LogP contribution in [0.3, 0.4) is 0 Å². The van der Waals surface area contributed by atoms with Crippen molar-refractivity contribution in [2.75, 3.05) is 0 Å². The van der Waals surface area contributed by atoms with E-state index in [4.69, 9.17) is 0 Å². The van der Waals surface area contributed by atoms with Crippen molar-refractivity contribution in [1.82, 2.24) is 19.7 Å². The standard InChI is InChI=1S/C16H20N4O3/c1-3-12(2)19(10-13-5-4-8-17-9-13)16(23)11-20-15(22)7-6-14(21)18-20/h4-9,12H,3,10-11H2,1-2H3,(H,18,21). The Morgan fingerprint density at radius 2 is 2.13 bits per heavy atom. The minimum atomic E-state index is -0.417. The Bertz CT molecular complexity index is 767. The average Bonchev–Trinajstić information content (AvgIpc) is 2.56. The van der Waals surface area contributed by atoms with Crippen molar-refractivity contribution in [2.45, 2.75) is 39.4 Å². The second-order valence-electron chi connectivity index (χ2n) is 5.37. The predicted octanol–water partition coefficient (Wildman–Crippen LogP) is 0.759. The van der Waals surface area contributed by atoms with E-state index in [1.807, 2.05) is 26.0 Å². The van der Waals surface area contributed by atoms with Crippen LogP contribution >= 0.6 is 0 Å². The minimum absolute atomic E-state index is 0.00819. The molecule has 0 radical (unpaired) electrons. The molecule has 0 aromatic carbocycles. The molecule has 1 atom stereocenters. The summed E-state index contributed by atoms with van der Waals surface area (Å²) in [7, 11) is 0. The number of aromatic nitrogens is 3. The molecule has 0 spiro atoms. The quantitative estimate of drug-likeness (QED) is 0.852. The van der Waals surface area contributed by atoms with E-state index in [1.165, 1.54) is 0 Å². The third-order valence-electron chi connectivity index (χ3n) is 3.70. The van der Waals surface area contributed by atoms with E-state index in [1.54, 1.807) is 17.3 Å². The Morgan fingerprint density at radius 1 is 1.35 bits per heavy atom. The summed E-state index contributed by atoms with van der Waals surface area (Å²) < 4.78 is 1.03. The molecule has 0 fully saturated rings. The fraction of sp³-hybridized carbons (Fsp3) is 0.375. The van der Waals surface area contributed by atoms with Gasteiger partial charge in [-0.3, -0.25) is 24.5 Å². The topological polar surface area (TPSA) is 88.1 Å². The van der Waals surface area contributed by atoms with Crippen LogP contribution in [0.4, 0.5) is 0 Å². The van der Waals surface area contributed by atoms with Gasteiger partial charge in [-0.15, -0.1) is 0 Å². The Morgan fingerprint density at radius 3 is 2.78 bits per heavy atom. The van der Waals surface area contributed by atoms with Gasteiger partial charge in [-0.25, -0.2) is 4.68 Å². The first-order chi connectivity index (χ1) is 11.0. The highest BCUT2D eigenvalue weighted by atomic mass is 16.2. The number of hydrogen-bond donors (Lipinski definition) is 1. The summed E-state index contributed by atoms with van der Waals surface area (Å²) in [4.78, 5) is 41.4. The van der Waals surface area contributed by atoms with Crippen LogP contribution in [-0.4, -0.2) is 31.6 Å². The number of nitrogens with zero attached hydrogens (tertiary/aromatic N) is 3. The minimum Gasteiger partial charge on any atom is -0.334 e. The van der Waals surface area contributed by atoms with Gasteiger partial charge in [0.2, 0.25) is 5.91 Å². The van der Waals surface area contributed by atoms with Gasteiger partial charge in [-0.05, 0) is 25.0 Å². The fourth-order valence-electron chi connectivity index (χ4n) is 2.20. The first-order valence-electron chi connectivity index (χ1n) is 7.49. The third-order valence-corrected chi connectivity index (χ3v) is 3.70. The van der Waals surface area contributed by atoms with Crippen LogP contribution in [0.5, 0.6) is 0 Å². The van der Waals surface area contributed by atoms with Gasteiger partial charge in [0.25, 0.3) is 11.1 Å². The molecule has 7 nitrogen and oxygen atoms in total. The number of carbonyl (C=O) groups is 1. The van der Waals surface area contributed by atoms with Gasteiger partial charge < -0.3 is 4.90 Å². The molecule has 1 unspecified atom stereocenters. The molecule has 2 rings (SSSR count). The highest BCUT2D eigenvalue weighted by Gasteiger charge is 2.20. The summed E-state index contributed by atoms with van der Waals surface area (Å²) in [5.41, 5.74) is 0.0817. The number of hydrogen-bond acceptors (Lipinski definition) is 4. The molecule has 0 saturated carbocycles. The maximum atomic E-state index is 12.6. The second kappa shape index (κ2) is 7.53. The zero-order valence-corrected chi connectivity index (χ0v) is 13.2. The lowest BCUT2D eigenvalue weighted by molar-refractivity contribution is -0.135. The first kappa shape index (κ1) is 16.7. The Labute approximate surface area is 133 Å². The number of aromatic amines is 1. The van der Waals surface area contributed by atoms with Crippen LogP contribution < -0.4 is 11.1 Å². The number of pyridine rings is 1. The van der Waals surface area contributed by atoms with Crippen molar-refractivity contribution in [3.05, 3.63) is 62.9 Å². The molecule has 23 heavy (non-hydrogen) atoms. The third kappa shape index (κ3) is 4.38. The van der Waals surface area contributed by atoms with Crippen LogP contribution in [0.25, 0.3) is 0 Å². The number of nitrogens with one attached hydrogen (secondary N) is 1. The molecule has 0 aliphatic rings. The first-order valence-corrected chi connectivity index (χ1v) is 7.49. The summed E-state index contributed by atoms with van der Waals surface area (Å²) >= 11 is 0. The second-order valence-corrected chi connectivity index (χ2v) is 5.37. The fourth-order valence-corrected chi connectivity index (χ4v) is 2.20. The molecule has 0 bridgehead atoms. The Kier molecular flexibility index (Phi) is 5.46. The number of carbonyl (C=O) groups excluding carboxylic acids is 1. The van der Waals surface area contributed by atoms with Gasteiger partial charge in [0.15, 0.2) is 0 Å². The van der Waals surface area contributed by atoms with Crippen LogP contribution in [-0.2, 0) is 17.9 Å². The van der Waals surface area contributed by atoms with Gasteiger partial charge in [-0.2, -0.15) is 0 Å². The molecule has 122 valence electrons. The molecule has 2 heterocycles. The predicted molar refractivity (Wildman–Crippen MR) is 85.9 cm³/mol. The van der Waals surface area contributed by atoms with Crippen LogP contribution in [0.2, 0.25) is 0 Å². The van der Waals surface area contributed by atoms with Crippen LogP contribution in [0, 0.1) is 0 Å². The van der Waals surface area contributed by atoms with Gasteiger partial charge in [0.1, 0.15) is 6.54 Å². The Hall–Kier alpha value is -2.70. The lowest BCUT2D eigenvalue weighted by atomic mass is 10.2. The summed E-state index contributed by atoms with van der Waals surface area (Å²) in [5, 5.41) is 2.37. The van der Waals surface area contributed by atoms with E-state index >= 15 is 0 Å². The molecule has 2 aromatic rings. The van der Waals surface area contributed by atoms with Gasteiger partial charge in [0.05, 0.1) is 0 Å². The highest BCUT2D eigenvalue weighted by molar-refractivity contribution is 5.76. The van der Waals surface area contributed by atoms with E-state index in [0.717, 1.165) is 28.8 Å². The van der Waals surface area contributed by atoms with E-state index in [-0.39, 0.29) is 18.5 Å². The van der Waals surface area contributed by atoms with Crippen molar-refractivity contribution in [3.8, 4) is 0 Å². The van der Waals surface area contributed by atoms with Crippen molar-refractivity contribution in [2.24, 2.45) is 0 Å². The smallest absolute Gasteiger partial charge is 0.265 e. The lowest BCUT2D eigenvalue weighted by Crippen LogP contribution is -2.42. The summed E-state index contributed by atoms with van der Waals surface area (Å²) in [6, 6.07) is 6.01.